The summed E-state index contributed by atoms with van der Waals surface area (Å²) in [5.74, 6) is -0.804. The predicted octanol–water partition coefficient (Wildman–Crippen LogP) is -4.81. The number of nitrogens with one attached hydrogen (secondary N) is 1. The van der Waals surface area contributed by atoms with Gasteiger partial charge in [0.1, 0.15) is 43.0 Å². The Morgan fingerprint density at radius 2 is 1.87 bits per heavy atom. The average Bonchev–Trinajstić information content (AvgIpc) is 3.14. The number of hydrogen-bond acceptors (Lipinski definition) is 11. The van der Waals surface area contributed by atoms with Crippen molar-refractivity contribution in [1.82, 2.24) is 5.32 Å². The largest absolute Gasteiger partial charge is 0.431 e. The maximum atomic E-state index is 13.3. The number of nitrogens with zero attached hydrogens (tertiary/aromatic N) is 2. The lowest BCUT2D eigenvalue weighted by molar-refractivity contribution is -0.907. The van der Waals surface area contributed by atoms with Gasteiger partial charge in [0, 0.05) is 6.08 Å². The molecule has 0 spiro atoms. The Morgan fingerprint density at radius 1 is 1.23 bits per heavy atom. The van der Waals surface area contributed by atoms with Gasteiger partial charge in [0.2, 0.25) is 18.4 Å². The zero-order chi connectivity index (χ0) is 23.1. The van der Waals surface area contributed by atoms with Gasteiger partial charge in [-0.15, -0.1) is 0 Å². The number of rotatable bonds is 6. The molecule has 2 fully saturated rings. The highest BCUT2D eigenvalue weighted by Crippen LogP contribution is 2.43. The number of urea groups is 1. The number of hydrogen-bond donors (Lipinski definition) is 8. The Morgan fingerprint density at radius 3 is 2.35 bits per heavy atom. The van der Waals surface area contributed by atoms with E-state index in [1.807, 2.05) is 0 Å². The SMILES string of the molecule is C[C@]1(O)C([N+]2([C@@H]3O[C@H](CO)[C@@H](O)[C@H]3O)C=CC(=NCC(N)=O)NC2=O)O[C@H](CO)[C@H]1O. The molecular formula is C17H27N4O10+. The first-order chi connectivity index (χ1) is 14.5. The number of primary amides is 1. The highest BCUT2D eigenvalue weighted by atomic mass is 16.6. The normalized spacial score (nSPS) is 46.5. The Kier molecular flexibility index (Phi) is 6.48. The number of quaternary nitrogens is 1. The molecule has 174 valence electrons. The lowest BCUT2D eigenvalue weighted by Crippen LogP contribution is -2.73. The number of amidine groups is 1. The molecule has 31 heavy (non-hydrogen) atoms. The fourth-order valence-corrected chi connectivity index (χ4v) is 4.09. The van der Waals surface area contributed by atoms with Crippen molar-refractivity contribution in [3.05, 3.63) is 12.3 Å². The summed E-state index contributed by atoms with van der Waals surface area (Å²) in [5.41, 5.74) is 2.92. The van der Waals surface area contributed by atoms with Crippen molar-refractivity contribution >= 4 is 17.8 Å². The maximum absolute atomic E-state index is 13.3. The molecule has 3 amide bonds. The van der Waals surface area contributed by atoms with Crippen LogP contribution in [0.3, 0.4) is 0 Å². The van der Waals surface area contributed by atoms with Gasteiger partial charge in [0.25, 0.3) is 0 Å². The van der Waals surface area contributed by atoms with Crippen LogP contribution in [-0.4, -0.2) is 121 Å². The van der Waals surface area contributed by atoms with E-state index in [-0.39, 0.29) is 5.84 Å². The van der Waals surface area contributed by atoms with E-state index in [0.717, 1.165) is 6.20 Å². The highest BCUT2D eigenvalue weighted by molar-refractivity contribution is 6.04. The standard InChI is InChI=1S/C17H26N4O10/c1-17(29)13(27)8(6-23)31-15(17)21(14-12(26)11(25)7(5-22)30-14)3-2-10(20-16(21)28)19-4-9(18)24/h2-3,7-8,11-15,22-23,25-27,29H,4-6H2,1H3,(H2-,18,19,20,24,28)/p+1/t7-,8-,11-,12-,13-,14-,15?,17-,21?/m1/s1. The van der Waals surface area contributed by atoms with Crippen LogP contribution in [0, 0.1) is 0 Å². The van der Waals surface area contributed by atoms with Gasteiger partial charge in [-0.2, -0.15) is 4.48 Å². The van der Waals surface area contributed by atoms with E-state index < -0.39 is 84.8 Å². The van der Waals surface area contributed by atoms with Crippen LogP contribution in [0.2, 0.25) is 0 Å². The molecule has 0 aliphatic carbocycles. The molecule has 3 rings (SSSR count). The van der Waals surface area contributed by atoms with Gasteiger partial charge >= 0.3 is 6.03 Å². The third-order valence-electron chi connectivity index (χ3n) is 5.73. The van der Waals surface area contributed by atoms with Crippen molar-refractivity contribution in [3.63, 3.8) is 0 Å². The van der Waals surface area contributed by atoms with Crippen molar-refractivity contribution in [1.29, 1.82) is 0 Å². The summed E-state index contributed by atoms with van der Waals surface area (Å²) < 4.78 is 10.0. The van der Waals surface area contributed by atoms with Crippen LogP contribution >= 0.6 is 0 Å². The topological polar surface area (TPSA) is 224 Å². The van der Waals surface area contributed by atoms with Gasteiger partial charge in [0.15, 0.2) is 11.7 Å². The van der Waals surface area contributed by atoms with Crippen LogP contribution in [0.15, 0.2) is 17.3 Å². The zero-order valence-corrected chi connectivity index (χ0v) is 16.6. The molecular weight excluding hydrogens is 420 g/mol. The smallest absolute Gasteiger partial charge is 0.394 e. The van der Waals surface area contributed by atoms with E-state index in [4.69, 9.17) is 15.2 Å². The minimum absolute atomic E-state index is 0.0545. The monoisotopic (exact) mass is 447 g/mol. The van der Waals surface area contributed by atoms with E-state index in [9.17, 15) is 40.2 Å². The number of carbonyl (C=O) groups is 2. The fourth-order valence-electron chi connectivity index (χ4n) is 4.09. The lowest BCUT2D eigenvalue weighted by Gasteiger charge is -2.45. The molecule has 0 aromatic carbocycles. The summed E-state index contributed by atoms with van der Waals surface area (Å²) in [5, 5.41) is 63.5. The van der Waals surface area contributed by atoms with E-state index in [1.54, 1.807) is 0 Å². The molecule has 0 radical (unpaired) electrons. The van der Waals surface area contributed by atoms with E-state index in [0.29, 0.717) is 0 Å². The molecule has 2 saturated heterocycles. The Balaban J connectivity index is 2.10. The molecule has 2 unspecified atom stereocenters. The maximum Gasteiger partial charge on any atom is 0.431 e. The first-order valence-corrected chi connectivity index (χ1v) is 9.51. The van der Waals surface area contributed by atoms with Gasteiger partial charge < -0.3 is 45.8 Å². The quantitative estimate of drug-likeness (QED) is 0.181. The van der Waals surface area contributed by atoms with Crippen LogP contribution in [-0.2, 0) is 14.3 Å². The second-order valence-corrected chi connectivity index (χ2v) is 7.86. The van der Waals surface area contributed by atoms with Gasteiger partial charge in [-0.1, -0.05) is 0 Å². The van der Waals surface area contributed by atoms with E-state index in [2.05, 4.69) is 10.3 Å². The third-order valence-corrected chi connectivity index (χ3v) is 5.73. The Labute approximate surface area is 176 Å². The molecule has 14 heteroatoms. The fraction of sp³-hybridized carbons (Fsp3) is 0.706. The molecule has 3 aliphatic heterocycles. The molecule has 14 nitrogen and oxygen atoms in total. The number of carbonyl (C=O) groups excluding carboxylic acids is 2. The predicted molar refractivity (Wildman–Crippen MR) is 99.6 cm³/mol. The second-order valence-electron chi connectivity index (χ2n) is 7.86. The number of aliphatic hydroxyl groups excluding tert-OH is 5. The molecule has 3 aliphatic rings. The van der Waals surface area contributed by atoms with Gasteiger partial charge in [-0.25, -0.2) is 4.79 Å². The van der Waals surface area contributed by atoms with Crippen LogP contribution in [0.1, 0.15) is 6.92 Å². The van der Waals surface area contributed by atoms with Crippen molar-refractivity contribution in [2.24, 2.45) is 10.7 Å². The molecule has 3 heterocycles. The van der Waals surface area contributed by atoms with Crippen molar-refractivity contribution in [3.8, 4) is 0 Å². The molecule has 0 aromatic rings. The van der Waals surface area contributed by atoms with E-state index in [1.165, 1.54) is 13.0 Å². The zero-order valence-electron chi connectivity index (χ0n) is 16.6. The lowest BCUT2D eigenvalue weighted by atomic mass is 9.94. The Bertz CT molecular complexity index is 789. The minimum Gasteiger partial charge on any atom is -0.394 e. The summed E-state index contributed by atoms with van der Waals surface area (Å²) >= 11 is 0. The van der Waals surface area contributed by atoms with Gasteiger partial charge in [-0.05, 0) is 6.92 Å². The van der Waals surface area contributed by atoms with Gasteiger partial charge in [-0.3, -0.25) is 15.1 Å². The number of amides is 3. The van der Waals surface area contributed by atoms with Crippen LogP contribution in [0.25, 0.3) is 0 Å². The second kappa shape index (κ2) is 8.50. The molecule has 0 bridgehead atoms. The van der Waals surface area contributed by atoms with Crippen LogP contribution in [0.5, 0.6) is 0 Å². The number of nitrogens with two attached hydrogens (primary N) is 1. The van der Waals surface area contributed by atoms with Crippen molar-refractivity contribution in [2.75, 3.05) is 19.8 Å². The molecule has 0 aromatic heterocycles. The summed E-state index contributed by atoms with van der Waals surface area (Å²) in [7, 11) is 0. The number of aliphatic hydroxyl groups is 6. The number of aliphatic imine (C=N–C) groups is 1. The first kappa shape index (κ1) is 23.6. The summed E-state index contributed by atoms with van der Waals surface area (Å²) in [4.78, 5) is 28.1. The van der Waals surface area contributed by atoms with Crippen LogP contribution in [0.4, 0.5) is 4.79 Å². The van der Waals surface area contributed by atoms with Crippen molar-refractivity contribution in [2.45, 2.75) is 55.5 Å². The summed E-state index contributed by atoms with van der Waals surface area (Å²) in [6, 6.07) is -0.948. The van der Waals surface area contributed by atoms with Crippen LogP contribution < -0.4 is 11.1 Å². The average molecular weight is 447 g/mol. The number of ether oxygens (including phenoxy) is 2. The summed E-state index contributed by atoms with van der Waals surface area (Å²) in [6.45, 7) is -0.594. The van der Waals surface area contributed by atoms with Crippen molar-refractivity contribution < 1.29 is 54.2 Å². The third kappa shape index (κ3) is 3.75. The molecule has 0 saturated carbocycles. The van der Waals surface area contributed by atoms with Gasteiger partial charge in [0.05, 0.1) is 13.2 Å². The minimum atomic E-state index is -2.12. The first-order valence-electron chi connectivity index (χ1n) is 9.51. The van der Waals surface area contributed by atoms with E-state index >= 15 is 0 Å². The summed E-state index contributed by atoms with van der Waals surface area (Å²) in [6.07, 6.45) is -8.19. The molecule has 9 N–H and O–H groups in total. The highest BCUT2D eigenvalue weighted by Gasteiger charge is 2.70. The molecule has 9 atom stereocenters. The Hall–Kier alpha value is -2.01.